The van der Waals surface area contributed by atoms with Crippen molar-refractivity contribution >= 4 is 11.6 Å². The molecule has 2 aliphatic rings. The van der Waals surface area contributed by atoms with Crippen molar-refractivity contribution in [2.24, 2.45) is 30.6 Å². The molecule has 4 atom stereocenters. The molecule has 2 saturated carbocycles. The number of aromatic nitrogens is 2. The molecule has 0 radical (unpaired) electrons. The van der Waals surface area contributed by atoms with Crippen LogP contribution in [-0.2, 0) is 19.9 Å². The molecule has 1 aromatic heterocycles. The largest absolute Gasteiger partial charge is 0.271 e. The van der Waals surface area contributed by atoms with Crippen LogP contribution in [0.4, 0.5) is 0 Å². The predicted molar refractivity (Wildman–Crippen MR) is 81.3 cm³/mol. The van der Waals surface area contributed by atoms with E-state index in [0.717, 1.165) is 41.1 Å². The monoisotopic (exact) mass is 296 g/mol. The molecule has 2 aliphatic carbocycles. The van der Waals surface area contributed by atoms with Crippen molar-refractivity contribution in [3.63, 3.8) is 0 Å². The molecular formula is C15H25ClN4. The van der Waals surface area contributed by atoms with Crippen LogP contribution in [0.1, 0.15) is 44.0 Å². The van der Waals surface area contributed by atoms with E-state index in [9.17, 15) is 0 Å². The van der Waals surface area contributed by atoms with E-state index in [0.29, 0.717) is 12.0 Å². The van der Waals surface area contributed by atoms with Crippen LogP contribution in [0.2, 0.25) is 5.02 Å². The predicted octanol–water partition coefficient (Wildman–Crippen LogP) is 2.45. The molecule has 0 aromatic carbocycles. The Morgan fingerprint density at radius 3 is 2.75 bits per heavy atom. The van der Waals surface area contributed by atoms with Crippen molar-refractivity contribution in [3.8, 4) is 0 Å². The number of hydrogen-bond acceptors (Lipinski definition) is 3. The molecule has 4 unspecified atom stereocenters. The second-order valence-corrected chi connectivity index (χ2v) is 6.88. The SMILES string of the molecule is CCc1nn(C)c(CC(NN)C2CC3CCC2C3)c1Cl. The minimum Gasteiger partial charge on any atom is -0.271 e. The number of nitrogens with two attached hydrogens (primary N) is 1. The van der Waals surface area contributed by atoms with Crippen LogP contribution in [0.25, 0.3) is 0 Å². The van der Waals surface area contributed by atoms with Crippen LogP contribution in [0, 0.1) is 17.8 Å². The van der Waals surface area contributed by atoms with Gasteiger partial charge in [-0.05, 0) is 43.4 Å². The Kier molecular flexibility index (Phi) is 4.07. The van der Waals surface area contributed by atoms with Crippen molar-refractivity contribution in [3.05, 3.63) is 16.4 Å². The lowest BCUT2D eigenvalue weighted by Gasteiger charge is -2.30. The molecule has 112 valence electrons. The molecule has 4 nitrogen and oxygen atoms in total. The third-order valence-corrected chi connectivity index (χ3v) is 5.88. The summed E-state index contributed by atoms with van der Waals surface area (Å²) < 4.78 is 1.93. The van der Waals surface area contributed by atoms with E-state index in [4.69, 9.17) is 17.4 Å². The highest BCUT2D eigenvalue weighted by atomic mass is 35.5. The van der Waals surface area contributed by atoms with Crippen LogP contribution in [0.3, 0.4) is 0 Å². The summed E-state index contributed by atoms with van der Waals surface area (Å²) in [7, 11) is 1.98. The maximum absolute atomic E-state index is 6.46. The molecule has 20 heavy (non-hydrogen) atoms. The Balaban J connectivity index is 1.77. The minimum atomic E-state index is 0.322. The Hall–Kier alpha value is -0.580. The van der Waals surface area contributed by atoms with Crippen LogP contribution in [0.5, 0.6) is 0 Å². The molecular weight excluding hydrogens is 272 g/mol. The summed E-state index contributed by atoms with van der Waals surface area (Å²) >= 11 is 6.46. The molecule has 3 rings (SSSR count). The Labute approximate surface area is 126 Å². The van der Waals surface area contributed by atoms with Gasteiger partial charge in [0.2, 0.25) is 0 Å². The average molecular weight is 297 g/mol. The first kappa shape index (κ1) is 14.4. The molecule has 2 bridgehead atoms. The molecule has 1 heterocycles. The Bertz CT molecular complexity index is 484. The molecule has 2 fully saturated rings. The van der Waals surface area contributed by atoms with Gasteiger partial charge in [-0.2, -0.15) is 5.10 Å². The van der Waals surface area contributed by atoms with Crippen molar-refractivity contribution in [2.45, 2.75) is 51.5 Å². The number of halogens is 1. The topological polar surface area (TPSA) is 55.9 Å². The molecule has 0 spiro atoms. The second-order valence-electron chi connectivity index (χ2n) is 6.50. The van der Waals surface area contributed by atoms with Gasteiger partial charge in [-0.1, -0.05) is 24.9 Å². The van der Waals surface area contributed by atoms with Crippen molar-refractivity contribution in [2.75, 3.05) is 0 Å². The van der Waals surface area contributed by atoms with Crippen LogP contribution in [0.15, 0.2) is 0 Å². The van der Waals surface area contributed by atoms with E-state index in [1.54, 1.807) is 0 Å². The summed E-state index contributed by atoms with van der Waals surface area (Å²) in [5, 5.41) is 5.34. The molecule has 0 aliphatic heterocycles. The van der Waals surface area contributed by atoms with Crippen LogP contribution in [-0.4, -0.2) is 15.8 Å². The van der Waals surface area contributed by atoms with Gasteiger partial charge in [0.05, 0.1) is 16.4 Å². The lowest BCUT2D eigenvalue weighted by molar-refractivity contribution is 0.246. The summed E-state index contributed by atoms with van der Waals surface area (Å²) in [4.78, 5) is 0. The van der Waals surface area contributed by atoms with Gasteiger partial charge in [-0.15, -0.1) is 0 Å². The summed E-state index contributed by atoms with van der Waals surface area (Å²) in [6.07, 6.45) is 7.30. The zero-order chi connectivity index (χ0) is 14.3. The number of fused-ring (bicyclic) bond motifs is 2. The Morgan fingerprint density at radius 1 is 1.45 bits per heavy atom. The fraction of sp³-hybridized carbons (Fsp3) is 0.800. The van der Waals surface area contributed by atoms with E-state index in [1.807, 2.05) is 11.7 Å². The number of hydrogen-bond donors (Lipinski definition) is 2. The highest BCUT2D eigenvalue weighted by molar-refractivity contribution is 6.31. The van der Waals surface area contributed by atoms with Gasteiger partial charge in [0, 0.05) is 19.5 Å². The van der Waals surface area contributed by atoms with Gasteiger partial charge in [0.25, 0.3) is 0 Å². The number of nitrogens with one attached hydrogen (secondary N) is 1. The van der Waals surface area contributed by atoms with Crippen LogP contribution >= 0.6 is 11.6 Å². The van der Waals surface area contributed by atoms with E-state index >= 15 is 0 Å². The van der Waals surface area contributed by atoms with Crippen molar-refractivity contribution < 1.29 is 0 Å². The van der Waals surface area contributed by atoms with E-state index < -0.39 is 0 Å². The molecule has 5 heteroatoms. The number of hydrazine groups is 1. The molecule has 0 saturated heterocycles. The average Bonchev–Trinajstić information content (AvgIpc) is 3.13. The van der Waals surface area contributed by atoms with Gasteiger partial charge < -0.3 is 0 Å². The first-order valence-electron chi connectivity index (χ1n) is 7.80. The third kappa shape index (κ3) is 2.38. The highest BCUT2D eigenvalue weighted by Crippen LogP contribution is 2.49. The standard InChI is InChI=1S/C15H25ClN4/c1-3-12-15(16)14(20(2)19-12)8-13(18-17)11-7-9-4-5-10(11)6-9/h9-11,13,18H,3-8,17H2,1-2H3. The lowest BCUT2D eigenvalue weighted by Crippen LogP contribution is -2.44. The summed E-state index contributed by atoms with van der Waals surface area (Å²) in [6.45, 7) is 2.09. The van der Waals surface area contributed by atoms with Gasteiger partial charge in [-0.3, -0.25) is 16.0 Å². The first-order chi connectivity index (χ1) is 9.63. The third-order valence-electron chi connectivity index (χ3n) is 5.44. The number of nitrogens with zero attached hydrogens (tertiary/aromatic N) is 2. The molecule has 0 amide bonds. The maximum Gasteiger partial charge on any atom is 0.0850 e. The lowest BCUT2D eigenvalue weighted by atomic mass is 9.82. The normalized spacial score (nSPS) is 30.1. The zero-order valence-corrected chi connectivity index (χ0v) is 13.2. The smallest absolute Gasteiger partial charge is 0.0850 e. The fourth-order valence-corrected chi connectivity index (χ4v) is 4.74. The zero-order valence-electron chi connectivity index (χ0n) is 12.4. The maximum atomic E-state index is 6.46. The van der Waals surface area contributed by atoms with Gasteiger partial charge in [0.15, 0.2) is 0 Å². The highest BCUT2D eigenvalue weighted by Gasteiger charge is 2.43. The molecule has 1 aromatic rings. The first-order valence-corrected chi connectivity index (χ1v) is 8.18. The van der Waals surface area contributed by atoms with Crippen molar-refractivity contribution in [1.29, 1.82) is 0 Å². The van der Waals surface area contributed by atoms with Gasteiger partial charge in [-0.25, -0.2) is 0 Å². The number of aryl methyl sites for hydroxylation is 2. The fourth-order valence-electron chi connectivity index (χ4n) is 4.37. The Morgan fingerprint density at radius 2 is 2.25 bits per heavy atom. The summed E-state index contributed by atoms with van der Waals surface area (Å²) in [5.74, 6) is 8.35. The van der Waals surface area contributed by atoms with E-state index in [1.165, 1.54) is 25.7 Å². The quantitative estimate of drug-likeness (QED) is 0.648. The van der Waals surface area contributed by atoms with Crippen molar-refractivity contribution in [1.82, 2.24) is 15.2 Å². The summed E-state index contributed by atoms with van der Waals surface area (Å²) in [5.41, 5.74) is 5.17. The van der Waals surface area contributed by atoms with E-state index in [-0.39, 0.29) is 0 Å². The molecule has 3 N–H and O–H groups in total. The van der Waals surface area contributed by atoms with Gasteiger partial charge in [0.1, 0.15) is 0 Å². The van der Waals surface area contributed by atoms with E-state index in [2.05, 4.69) is 17.4 Å². The number of rotatable bonds is 5. The second kappa shape index (κ2) is 5.66. The minimum absolute atomic E-state index is 0.322. The van der Waals surface area contributed by atoms with Gasteiger partial charge >= 0.3 is 0 Å². The van der Waals surface area contributed by atoms with Crippen LogP contribution < -0.4 is 11.3 Å². The summed E-state index contributed by atoms with van der Waals surface area (Å²) in [6, 6.07) is 0.322.